The summed E-state index contributed by atoms with van der Waals surface area (Å²) in [5, 5.41) is 12.2. The molecule has 10 nitrogen and oxygen atoms in total. The van der Waals surface area contributed by atoms with Gasteiger partial charge in [0.1, 0.15) is 12.4 Å². The first-order chi connectivity index (χ1) is 15.3. The lowest BCUT2D eigenvalue weighted by Crippen LogP contribution is -2.47. The number of hydrogen-bond donors (Lipinski definition) is 3. The number of methoxy groups -OCH3 is 1. The predicted octanol–water partition coefficient (Wildman–Crippen LogP) is 1.99. The number of benzene rings is 1. The first kappa shape index (κ1) is 22.9. The van der Waals surface area contributed by atoms with Gasteiger partial charge in [0.25, 0.3) is 0 Å². The van der Waals surface area contributed by atoms with Crippen molar-refractivity contribution >= 4 is 18.0 Å². The van der Waals surface area contributed by atoms with Crippen molar-refractivity contribution in [2.75, 3.05) is 20.3 Å². The zero-order valence-electron chi connectivity index (χ0n) is 18.4. The van der Waals surface area contributed by atoms with E-state index in [0.717, 1.165) is 11.3 Å². The molecule has 0 saturated heterocycles. The number of H-pyrrole nitrogens is 1. The van der Waals surface area contributed by atoms with Crippen molar-refractivity contribution in [3.63, 3.8) is 0 Å². The number of rotatable bonds is 8. The highest BCUT2D eigenvalue weighted by atomic mass is 16.5. The van der Waals surface area contributed by atoms with E-state index in [0.29, 0.717) is 17.0 Å². The Morgan fingerprint density at radius 3 is 2.44 bits per heavy atom. The predicted molar refractivity (Wildman–Crippen MR) is 114 cm³/mol. The second-order valence-corrected chi connectivity index (χ2v) is 7.17. The number of carbonyl (C=O) groups excluding carboxylic acids is 3. The van der Waals surface area contributed by atoms with Gasteiger partial charge in [-0.3, -0.25) is 9.89 Å². The molecule has 1 aliphatic rings. The molecule has 2 heterocycles. The number of nitrogens with zero attached hydrogens (tertiary/aromatic N) is 1. The minimum atomic E-state index is -0.777. The fraction of sp³-hybridized carbons (Fsp3) is 0.364. The Balaban J connectivity index is 1.86. The van der Waals surface area contributed by atoms with Gasteiger partial charge in [0.15, 0.2) is 0 Å². The van der Waals surface area contributed by atoms with E-state index in [4.69, 9.17) is 14.2 Å². The summed E-state index contributed by atoms with van der Waals surface area (Å²) in [6.07, 6.45) is 0.0181. The number of carbonyl (C=O) groups is 3. The van der Waals surface area contributed by atoms with E-state index >= 15 is 0 Å². The normalized spacial score (nSPS) is 15.6. The van der Waals surface area contributed by atoms with Crippen LogP contribution in [-0.4, -0.2) is 48.5 Å². The van der Waals surface area contributed by atoms with Gasteiger partial charge in [0.05, 0.1) is 43.1 Å². The molecule has 1 unspecified atom stereocenters. The summed E-state index contributed by atoms with van der Waals surface area (Å²) in [6, 6.07) is 5.63. The van der Waals surface area contributed by atoms with E-state index in [9.17, 15) is 14.4 Å². The Bertz CT molecular complexity index is 1020. The third kappa shape index (κ3) is 5.08. The van der Waals surface area contributed by atoms with E-state index < -0.39 is 24.0 Å². The molecule has 3 N–H and O–H groups in total. The number of aromatic nitrogens is 2. The molecule has 0 aliphatic carbocycles. The van der Waals surface area contributed by atoms with Crippen LogP contribution in [0.3, 0.4) is 0 Å². The van der Waals surface area contributed by atoms with E-state index in [1.54, 1.807) is 45.2 Å². The van der Waals surface area contributed by atoms with Crippen molar-refractivity contribution in [2.24, 2.45) is 0 Å². The maximum absolute atomic E-state index is 12.8. The summed E-state index contributed by atoms with van der Waals surface area (Å²) in [4.78, 5) is 37.5. The minimum absolute atomic E-state index is 0.0181. The fourth-order valence-corrected chi connectivity index (χ4v) is 3.41. The van der Waals surface area contributed by atoms with Crippen LogP contribution in [0.25, 0.3) is 0 Å². The van der Waals surface area contributed by atoms with Gasteiger partial charge in [0, 0.05) is 11.3 Å². The maximum atomic E-state index is 12.8. The van der Waals surface area contributed by atoms with Crippen LogP contribution in [0.2, 0.25) is 0 Å². The topological polar surface area (TPSA) is 132 Å². The van der Waals surface area contributed by atoms with Gasteiger partial charge in [-0.15, -0.1) is 0 Å². The Kier molecular flexibility index (Phi) is 7.14. The summed E-state index contributed by atoms with van der Waals surface area (Å²) in [7, 11) is 1.55. The molecule has 0 bridgehead atoms. The zero-order chi connectivity index (χ0) is 23.3. The highest BCUT2D eigenvalue weighted by Gasteiger charge is 2.34. The summed E-state index contributed by atoms with van der Waals surface area (Å²) in [6.45, 7) is 5.15. The quantitative estimate of drug-likeness (QED) is 0.533. The van der Waals surface area contributed by atoms with Crippen LogP contribution >= 0.6 is 0 Å². The van der Waals surface area contributed by atoms with Crippen molar-refractivity contribution in [3.8, 4) is 5.75 Å². The van der Waals surface area contributed by atoms with Crippen LogP contribution in [-0.2, 0) is 25.5 Å². The third-order valence-corrected chi connectivity index (χ3v) is 5.08. The lowest BCUT2D eigenvalue weighted by Gasteiger charge is -2.29. The van der Waals surface area contributed by atoms with E-state index in [1.807, 2.05) is 6.92 Å². The zero-order valence-corrected chi connectivity index (χ0v) is 18.4. The first-order valence-electron chi connectivity index (χ1n) is 10.1. The lowest BCUT2D eigenvalue weighted by molar-refractivity contribution is -0.143. The summed E-state index contributed by atoms with van der Waals surface area (Å²) in [5.74, 6) is -0.495. The second kappa shape index (κ2) is 9.99. The van der Waals surface area contributed by atoms with E-state index in [-0.39, 0.29) is 30.9 Å². The number of aromatic amines is 1. The second-order valence-electron chi connectivity index (χ2n) is 7.17. The number of amides is 2. The highest BCUT2D eigenvalue weighted by molar-refractivity contribution is 5.95. The number of hydrogen-bond acceptors (Lipinski definition) is 7. The Labute approximate surface area is 185 Å². The molecule has 0 fully saturated rings. The number of nitrogens with one attached hydrogen (secondary N) is 3. The molecule has 1 aliphatic heterocycles. The maximum Gasteiger partial charge on any atom is 0.338 e. The van der Waals surface area contributed by atoms with Crippen LogP contribution in [0.15, 0.2) is 35.5 Å². The molecule has 32 heavy (non-hydrogen) atoms. The molecular weight excluding hydrogens is 416 g/mol. The molecule has 10 heteroatoms. The monoisotopic (exact) mass is 442 g/mol. The highest BCUT2D eigenvalue weighted by Crippen LogP contribution is 2.29. The molecule has 0 radical (unpaired) electrons. The van der Waals surface area contributed by atoms with Crippen LogP contribution in [0.5, 0.6) is 5.75 Å². The Hall–Kier alpha value is -3.82. The molecule has 0 saturated carbocycles. The first-order valence-corrected chi connectivity index (χ1v) is 10.1. The van der Waals surface area contributed by atoms with Crippen molar-refractivity contribution < 1.29 is 28.6 Å². The van der Waals surface area contributed by atoms with Crippen LogP contribution in [0, 0.1) is 13.8 Å². The third-order valence-electron chi connectivity index (χ3n) is 5.08. The summed E-state index contributed by atoms with van der Waals surface area (Å²) < 4.78 is 15.8. The van der Waals surface area contributed by atoms with Gasteiger partial charge < -0.3 is 24.8 Å². The molecule has 1 aromatic carbocycles. The standard InChI is InChI=1S/C22H26N4O6/c1-5-31-21(28)19-17(11-32-18(27)10-16-12(2)25-26-13(16)3)23-22(29)24-20(19)14-6-8-15(30-4)9-7-14/h6-9,20H,5,10-11H2,1-4H3,(H,25,26)(H2,23,24,29). The number of esters is 2. The van der Waals surface area contributed by atoms with E-state index in [1.165, 1.54) is 0 Å². The van der Waals surface area contributed by atoms with Gasteiger partial charge in [-0.2, -0.15) is 5.10 Å². The van der Waals surface area contributed by atoms with Crippen molar-refractivity contribution in [3.05, 3.63) is 58.1 Å². The Morgan fingerprint density at radius 2 is 1.84 bits per heavy atom. The number of urea groups is 1. The molecular formula is C22H26N4O6. The van der Waals surface area contributed by atoms with Crippen molar-refractivity contribution in [1.29, 1.82) is 0 Å². The van der Waals surface area contributed by atoms with Crippen LogP contribution in [0.4, 0.5) is 4.79 Å². The molecule has 2 amide bonds. The SMILES string of the molecule is CCOC(=O)C1=C(COC(=O)Cc2c(C)n[nH]c2C)NC(=O)NC1c1ccc(OC)cc1. The van der Waals surface area contributed by atoms with Crippen molar-refractivity contribution in [1.82, 2.24) is 20.8 Å². The Morgan fingerprint density at radius 1 is 1.12 bits per heavy atom. The summed E-state index contributed by atoms with van der Waals surface area (Å²) in [5.41, 5.74) is 3.22. The number of ether oxygens (including phenoxy) is 3. The smallest absolute Gasteiger partial charge is 0.338 e. The minimum Gasteiger partial charge on any atom is -0.497 e. The van der Waals surface area contributed by atoms with E-state index in [2.05, 4.69) is 20.8 Å². The average molecular weight is 442 g/mol. The van der Waals surface area contributed by atoms with Gasteiger partial charge >= 0.3 is 18.0 Å². The summed E-state index contributed by atoms with van der Waals surface area (Å²) >= 11 is 0. The molecule has 170 valence electrons. The molecule has 3 rings (SSSR count). The average Bonchev–Trinajstić information content (AvgIpc) is 3.09. The van der Waals surface area contributed by atoms with Gasteiger partial charge in [0.2, 0.25) is 0 Å². The van der Waals surface area contributed by atoms with Gasteiger partial charge in [-0.05, 0) is 38.5 Å². The molecule has 0 spiro atoms. The van der Waals surface area contributed by atoms with Crippen LogP contribution in [0.1, 0.15) is 35.5 Å². The van der Waals surface area contributed by atoms with Gasteiger partial charge in [-0.1, -0.05) is 12.1 Å². The van der Waals surface area contributed by atoms with Crippen molar-refractivity contribution in [2.45, 2.75) is 33.2 Å². The van der Waals surface area contributed by atoms with Crippen LogP contribution < -0.4 is 15.4 Å². The lowest BCUT2D eigenvalue weighted by atomic mass is 9.95. The van der Waals surface area contributed by atoms with Gasteiger partial charge in [-0.25, -0.2) is 9.59 Å². The largest absolute Gasteiger partial charge is 0.497 e. The fourth-order valence-electron chi connectivity index (χ4n) is 3.41. The molecule has 1 aromatic heterocycles. The number of aryl methyl sites for hydroxylation is 2. The molecule has 1 atom stereocenters. The molecule has 2 aromatic rings.